The smallest absolute Gasteiger partial charge is 0.337 e. The SMILES string of the molecule is CCCCc1nc2cccc(C(=O)O)c2n1Cc1ccc(-c2ccccc2-c2nnn(COC(=O)C(C)(C)C)n2)cc1. The number of ether oxygens (including phenoxy) is 1. The summed E-state index contributed by atoms with van der Waals surface area (Å²) in [5, 5.41) is 22.5. The van der Waals surface area contributed by atoms with Crippen LogP contribution in [-0.2, 0) is 29.2 Å². The molecule has 5 aromatic rings. The second-order valence-corrected chi connectivity index (χ2v) is 11.2. The third-order valence-corrected chi connectivity index (χ3v) is 6.98. The van der Waals surface area contributed by atoms with E-state index >= 15 is 0 Å². The van der Waals surface area contributed by atoms with E-state index in [1.165, 1.54) is 4.80 Å². The van der Waals surface area contributed by atoms with E-state index in [1.807, 2.05) is 59.2 Å². The number of benzene rings is 3. The predicted molar refractivity (Wildman–Crippen MR) is 159 cm³/mol. The molecule has 2 aromatic heterocycles. The van der Waals surface area contributed by atoms with Crippen LogP contribution >= 0.6 is 0 Å². The Bertz CT molecular complexity index is 1730. The maximum absolute atomic E-state index is 12.1. The first-order valence-electron chi connectivity index (χ1n) is 14.0. The number of tetrazole rings is 1. The Morgan fingerprint density at radius 2 is 1.69 bits per heavy atom. The number of carbonyl (C=O) groups excluding carboxylic acids is 1. The van der Waals surface area contributed by atoms with Gasteiger partial charge in [-0.25, -0.2) is 9.78 Å². The number of para-hydroxylation sites is 1. The number of hydrogen-bond donors (Lipinski definition) is 1. The second kappa shape index (κ2) is 11.9. The molecule has 0 radical (unpaired) electrons. The van der Waals surface area contributed by atoms with Gasteiger partial charge < -0.3 is 14.4 Å². The lowest BCUT2D eigenvalue weighted by molar-refractivity contribution is -0.157. The normalized spacial score (nSPS) is 11.6. The lowest BCUT2D eigenvalue weighted by atomic mass is 9.98. The van der Waals surface area contributed by atoms with Crippen LogP contribution < -0.4 is 0 Å². The maximum atomic E-state index is 12.1. The molecule has 10 nitrogen and oxygen atoms in total. The Morgan fingerprint density at radius 3 is 2.38 bits per heavy atom. The van der Waals surface area contributed by atoms with Crippen LogP contribution in [0.3, 0.4) is 0 Å². The number of esters is 1. The number of carbonyl (C=O) groups is 2. The lowest BCUT2D eigenvalue weighted by Crippen LogP contribution is -2.24. The molecule has 0 aliphatic carbocycles. The number of aromatic carboxylic acids is 1. The summed E-state index contributed by atoms with van der Waals surface area (Å²) in [6.45, 7) is 7.87. The van der Waals surface area contributed by atoms with Gasteiger partial charge in [-0.05, 0) is 61.2 Å². The molecular weight excluding hydrogens is 532 g/mol. The van der Waals surface area contributed by atoms with Gasteiger partial charge in [-0.3, -0.25) is 4.79 Å². The van der Waals surface area contributed by atoms with Gasteiger partial charge in [-0.1, -0.05) is 67.9 Å². The summed E-state index contributed by atoms with van der Waals surface area (Å²) >= 11 is 0. The quantitative estimate of drug-likeness (QED) is 0.204. The predicted octanol–water partition coefficient (Wildman–Crippen LogP) is 5.99. The summed E-state index contributed by atoms with van der Waals surface area (Å²) < 4.78 is 7.34. The monoisotopic (exact) mass is 566 g/mol. The summed E-state index contributed by atoms with van der Waals surface area (Å²) in [5.74, 6) is 0.00120. The Kier molecular flexibility index (Phi) is 8.15. The van der Waals surface area contributed by atoms with E-state index in [9.17, 15) is 14.7 Å². The number of aryl methyl sites for hydroxylation is 1. The number of carboxylic acid groups (broad SMARTS) is 1. The molecule has 0 unspecified atom stereocenters. The zero-order valence-electron chi connectivity index (χ0n) is 24.2. The van der Waals surface area contributed by atoms with Crippen molar-refractivity contribution in [3.63, 3.8) is 0 Å². The van der Waals surface area contributed by atoms with Gasteiger partial charge in [0, 0.05) is 18.5 Å². The van der Waals surface area contributed by atoms with Crippen molar-refractivity contribution < 1.29 is 19.4 Å². The van der Waals surface area contributed by atoms with E-state index in [2.05, 4.69) is 22.3 Å². The van der Waals surface area contributed by atoms with Gasteiger partial charge >= 0.3 is 11.9 Å². The Morgan fingerprint density at radius 1 is 0.952 bits per heavy atom. The molecule has 5 rings (SSSR count). The van der Waals surface area contributed by atoms with Crippen LogP contribution in [0.15, 0.2) is 66.7 Å². The van der Waals surface area contributed by atoms with Crippen molar-refractivity contribution in [3.05, 3.63) is 83.7 Å². The number of hydrogen-bond acceptors (Lipinski definition) is 7. The molecule has 0 aliphatic rings. The average Bonchev–Trinajstić information content (AvgIpc) is 3.59. The first-order valence-corrected chi connectivity index (χ1v) is 14.0. The fraction of sp³-hybridized carbons (Fsp3) is 0.312. The number of imidazole rings is 1. The molecule has 42 heavy (non-hydrogen) atoms. The number of rotatable bonds is 10. The fourth-order valence-electron chi connectivity index (χ4n) is 4.74. The topological polar surface area (TPSA) is 125 Å². The molecule has 216 valence electrons. The van der Waals surface area contributed by atoms with Gasteiger partial charge in [0.05, 0.1) is 22.0 Å². The van der Waals surface area contributed by atoms with Crippen LogP contribution in [0, 0.1) is 5.41 Å². The number of fused-ring (bicyclic) bond motifs is 1. The highest BCUT2D eigenvalue weighted by Crippen LogP contribution is 2.31. The van der Waals surface area contributed by atoms with E-state index in [1.54, 1.807) is 32.9 Å². The van der Waals surface area contributed by atoms with Gasteiger partial charge in [0.2, 0.25) is 12.6 Å². The van der Waals surface area contributed by atoms with Crippen molar-refractivity contribution in [2.75, 3.05) is 0 Å². The Balaban J connectivity index is 1.41. The third-order valence-electron chi connectivity index (χ3n) is 6.98. The van der Waals surface area contributed by atoms with Gasteiger partial charge in [-0.15, -0.1) is 15.0 Å². The lowest BCUT2D eigenvalue weighted by Gasteiger charge is -2.15. The van der Waals surface area contributed by atoms with Crippen LogP contribution in [0.4, 0.5) is 0 Å². The summed E-state index contributed by atoms with van der Waals surface area (Å²) in [5.41, 5.74) is 4.70. The van der Waals surface area contributed by atoms with Crippen LogP contribution in [0.25, 0.3) is 33.5 Å². The van der Waals surface area contributed by atoms with E-state index in [0.717, 1.165) is 47.3 Å². The van der Waals surface area contributed by atoms with Crippen molar-refractivity contribution in [1.82, 2.24) is 29.8 Å². The molecule has 3 aromatic carbocycles. The molecule has 0 bridgehead atoms. The molecule has 0 saturated heterocycles. The molecule has 0 spiro atoms. The highest BCUT2D eigenvalue weighted by molar-refractivity contribution is 6.01. The van der Waals surface area contributed by atoms with Gasteiger partial charge in [0.15, 0.2) is 0 Å². The number of aromatic nitrogens is 6. The zero-order chi connectivity index (χ0) is 29.9. The molecule has 0 saturated carbocycles. The minimum absolute atomic E-state index is 0.118. The summed E-state index contributed by atoms with van der Waals surface area (Å²) in [4.78, 5) is 30.2. The third kappa shape index (κ3) is 6.07. The first kappa shape index (κ1) is 28.7. The van der Waals surface area contributed by atoms with Crippen molar-refractivity contribution in [1.29, 1.82) is 0 Å². The van der Waals surface area contributed by atoms with Crippen molar-refractivity contribution in [2.24, 2.45) is 5.41 Å². The molecule has 2 heterocycles. The fourth-order valence-corrected chi connectivity index (χ4v) is 4.74. The highest BCUT2D eigenvalue weighted by atomic mass is 16.5. The molecule has 0 fully saturated rings. The molecule has 0 atom stereocenters. The van der Waals surface area contributed by atoms with E-state index in [4.69, 9.17) is 9.72 Å². The van der Waals surface area contributed by atoms with Gasteiger partial charge in [0.1, 0.15) is 5.82 Å². The molecular formula is C32H34N6O4. The molecule has 10 heteroatoms. The standard InChI is InChI=1S/C32H34N6O4/c1-5-6-14-27-33-26-13-9-12-25(30(39)40)28(26)37(27)19-21-15-17-22(18-16-21)23-10-7-8-11-24(23)29-34-36-38(35-29)20-42-31(41)32(2,3)4/h7-13,15-18H,5-6,14,19-20H2,1-4H3,(H,39,40). The Labute approximate surface area is 244 Å². The first-order chi connectivity index (χ1) is 20.2. The summed E-state index contributed by atoms with van der Waals surface area (Å²) in [7, 11) is 0. The maximum Gasteiger partial charge on any atom is 0.337 e. The average molecular weight is 567 g/mol. The Hall–Kier alpha value is -4.86. The van der Waals surface area contributed by atoms with Gasteiger partial charge in [-0.2, -0.15) is 0 Å². The summed E-state index contributed by atoms with van der Waals surface area (Å²) in [6, 6.07) is 21.2. The van der Waals surface area contributed by atoms with E-state index < -0.39 is 11.4 Å². The number of nitrogens with zero attached hydrogens (tertiary/aromatic N) is 6. The van der Waals surface area contributed by atoms with Crippen LogP contribution in [0.5, 0.6) is 0 Å². The second-order valence-electron chi connectivity index (χ2n) is 11.2. The molecule has 0 aliphatic heterocycles. The number of carboxylic acids is 1. The van der Waals surface area contributed by atoms with Crippen LogP contribution in [0.2, 0.25) is 0 Å². The van der Waals surface area contributed by atoms with Gasteiger partial charge in [0.25, 0.3) is 0 Å². The minimum Gasteiger partial charge on any atom is -0.478 e. The largest absolute Gasteiger partial charge is 0.478 e. The van der Waals surface area contributed by atoms with Crippen molar-refractivity contribution in [3.8, 4) is 22.5 Å². The zero-order valence-corrected chi connectivity index (χ0v) is 24.2. The van der Waals surface area contributed by atoms with Crippen molar-refractivity contribution in [2.45, 2.75) is 60.2 Å². The number of unbranched alkanes of at least 4 members (excludes halogenated alkanes) is 1. The highest BCUT2D eigenvalue weighted by Gasteiger charge is 2.23. The summed E-state index contributed by atoms with van der Waals surface area (Å²) in [6.07, 6.45) is 2.77. The van der Waals surface area contributed by atoms with E-state index in [-0.39, 0.29) is 18.3 Å². The van der Waals surface area contributed by atoms with Crippen LogP contribution in [-0.4, -0.2) is 46.8 Å². The minimum atomic E-state index is -0.964. The van der Waals surface area contributed by atoms with Crippen molar-refractivity contribution >= 4 is 23.0 Å². The van der Waals surface area contributed by atoms with Crippen LogP contribution in [0.1, 0.15) is 62.3 Å². The molecule has 1 N–H and O–H groups in total. The molecule has 0 amide bonds. The van der Waals surface area contributed by atoms with E-state index in [0.29, 0.717) is 23.4 Å².